The average molecular weight is 323 g/mol. The predicted octanol–water partition coefficient (Wildman–Crippen LogP) is 3.49. The van der Waals surface area contributed by atoms with Crippen molar-refractivity contribution >= 4 is 16.9 Å². The van der Waals surface area contributed by atoms with Crippen LogP contribution in [0.25, 0.3) is 11.0 Å². The van der Waals surface area contributed by atoms with Crippen LogP contribution in [0, 0.1) is 17.8 Å². The Labute approximate surface area is 140 Å². The topological polar surface area (TPSA) is 59.3 Å². The minimum absolute atomic E-state index is 0.0734. The van der Waals surface area contributed by atoms with Crippen molar-refractivity contribution in [2.75, 3.05) is 0 Å². The number of benzene rings is 1. The monoisotopic (exact) mass is 323 g/mol. The van der Waals surface area contributed by atoms with Gasteiger partial charge in [0, 0.05) is 11.6 Å². The molecule has 0 aliphatic heterocycles. The molecule has 6 rings (SSSR count). The van der Waals surface area contributed by atoms with Crippen LogP contribution in [0.1, 0.15) is 49.1 Å². The third kappa shape index (κ3) is 2.20. The first kappa shape index (κ1) is 14.3. The summed E-state index contributed by atoms with van der Waals surface area (Å²) in [5.41, 5.74) is 0.240. The molecule has 4 heteroatoms. The summed E-state index contributed by atoms with van der Waals surface area (Å²) in [5, 5.41) is 3.78. The highest BCUT2D eigenvalue weighted by Gasteiger charge is 2.51. The number of rotatable bonds is 2. The summed E-state index contributed by atoms with van der Waals surface area (Å²) < 4.78 is 5.71. The summed E-state index contributed by atoms with van der Waals surface area (Å²) in [6.07, 6.45) is 7.26. The lowest BCUT2D eigenvalue weighted by Crippen LogP contribution is -2.59. The van der Waals surface area contributed by atoms with Crippen molar-refractivity contribution in [2.24, 2.45) is 17.8 Å². The number of hydrogen-bond acceptors (Lipinski definition) is 3. The maximum atomic E-state index is 12.8. The largest absolute Gasteiger partial charge is 0.451 e. The number of hydrogen-bond donors (Lipinski definition) is 1. The summed E-state index contributed by atoms with van der Waals surface area (Å²) >= 11 is 0. The van der Waals surface area contributed by atoms with Crippen LogP contribution in [0.15, 0.2) is 39.5 Å². The Morgan fingerprint density at radius 2 is 1.67 bits per heavy atom. The molecule has 4 nitrogen and oxygen atoms in total. The van der Waals surface area contributed by atoms with Gasteiger partial charge in [-0.2, -0.15) is 0 Å². The van der Waals surface area contributed by atoms with Gasteiger partial charge < -0.3 is 9.73 Å². The molecular formula is C20H21NO3. The zero-order chi connectivity index (χ0) is 16.3. The van der Waals surface area contributed by atoms with Gasteiger partial charge in [-0.15, -0.1) is 0 Å². The van der Waals surface area contributed by atoms with Crippen molar-refractivity contribution in [3.63, 3.8) is 0 Å². The number of carbonyl (C=O) groups is 1. The zero-order valence-corrected chi connectivity index (χ0v) is 13.6. The SMILES string of the molecule is O=C(NC12CC3CC(CC(C3)C1)C2)c1cc(=O)c2ccccc2o1. The summed E-state index contributed by atoms with van der Waals surface area (Å²) in [5.74, 6) is 2.19. The van der Waals surface area contributed by atoms with E-state index < -0.39 is 0 Å². The lowest BCUT2D eigenvalue weighted by molar-refractivity contribution is -0.0171. The molecule has 0 saturated heterocycles. The first-order valence-corrected chi connectivity index (χ1v) is 8.96. The van der Waals surface area contributed by atoms with E-state index in [1.807, 2.05) is 6.07 Å². The minimum atomic E-state index is -0.236. The molecule has 4 fully saturated rings. The van der Waals surface area contributed by atoms with Gasteiger partial charge in [-0.3, -0.25) is 9.59 Å². The van der Waals surface area contributed by atoms with Crippen molar-refractivity contribution in [2.45, 2.75) is 44.1 Å². The van der Waals surface area contributed by atoms with Crippen LogP contribution in [0.4, 0.5) is 0 Å². The smallest absolute Gasteiger partial charge is 0.287 e. The van der Waals surface area contributed by atoms with Gasteiger partial charge in [-0.1, -0.05) is 12.1 Å². The molecule has 0 radical (unpaired) electrons. The molecule has 4 aliphatic carbocycles. The highest BCUT2D eigenvalue weighted by molar-refractivity contribution is 5.93. The van der Waals surface area contributed by atoms with Crippen LogP contribution in [0.3, 0.4) is 0 Å². The maximum Gasteiger partial charge on any atom is 0.287 e. The van der Waals surface area contributed by atoms with E-state index in [9.17, 15) is 9.59 Å². The van der Waals surface area contributed by atoms with Gasteiger partial charge >= 0.3 is 0 Å². The van der Waals surface area contributed by atoms with Gasteiger partial charge in [-0.05, 0) is 68.4 Å². The Bertz CT molecular complexity index is 847. The molecule has 4 saturated carbocycles. The average Bonchev–Trinajstić information content (AvgIpc) is 2.53. The van der Waals surface area contributed by atoms with E-state index in [4.69, 9.17) is 4.42 Å². The van der Waals surface area contributed by atoms with Crippen LogP contribution in [0.2, 0.25) is 0 Å². The second-order valence-electron chi connectivity index (χ2n) is 8.12. The van der Waals surface area contributed by atoms with E-state index in [0.29, 0.717) is 11.0 Å². The van der Waals surface area contributed by atoms with E-state index in [0.717, 1.165) is 37.0 Å². The van der Waals surface area contributed by atoms with E-state index in [1.54, 1.807) is 18.2 Å². The molecule has 1 aromatic carbocycles. The molecule has 4 aliphatic rings. The maximum absolute atomic E-state index is 12.8. The standard InChI is InChI=1S/C20H21NO3/c22-16-8-18(24-17-4-2-1-3-15(16)17)19(23)21-20-9-12-5-13(10-20)7-14(6-12)11-20/h1-4,8,12-14H,5-7,9-11H2,(H,21,23). The molecule has 2 aromatic rings. The first-order chi connectivity index (χ1) is 11.6. The summed E-state index contributed by atoms with van der Waals surface area (Å²) in [6, 6.07) is 8.40. The van der Waals surface area contributed by atoms with Crippen molar-refractivity contribution < 1.29 is 9.21 Å². The summed E-state index contributed by atoms with van der Waals surface area (Å²) in [7, 11) is 0. The predicted molar refractivity (Wildman–Crippen MR) is 90.9 cm³/mol. The molecule has 1 N–H and O–H groups in total. The fraction of sp³-hybridized carbons (Fsp3) is 0.500. The first-order valence-electron chi connectivity index (χ1n) is 8.96. The molecule has 1 aromatic heterocycles. The van der Waals surface area contributed by atoms with E-state index >= 15 is 0 Å². The van der Waals surface area contributed by atoms with Gasteiger partial charge in [0.2, 0.25) is 0 Å². The molecule has 124 valence electrons. The third-order valence-electron chi connectivity index (χ3n) is 6.28. The van der Waals surface area contributed by atoms with Crippen LogP contribution in [-0.4, -0.2) is 11.4 Å². The van der Waals surface area contributed by atoms with E-state index in [-0.39, 0.29) is 22.6 Å². The van der Waals surface area contributed by atoms with Crippen molar-refractivity contribution in [3.8, 4) is 0 Å². The van der Waals surface area contributed by atoms with Crippen LogP contribution < -0.4 is 10.7 Å². The zero-order valence-electron chi connectivity index (χ0n) is 13.6. The number of nitrogens with one attached hydrogen (secondary N) is 1. The Balaban J connectivity index is 1.46. The van der Waals surface area contributed by atoms with E-state index in [1.165, 1.54) is 25.3 Å². The summed E-state index contributed by atoms with van der Waals surface area (Å²) in [6.45, 7) is 0. The Morgan fingerprint density at radius 1 is 1.04 bits per heavy atom. The lowest BCUT2D eigenvalue weighted by Gasteiger charge is -2.56. The van der Waals surface area contributed by atoms with Gasteiger partial charge in [-0.25, -0.2) is 0 Å². The number of fused-ring (bicyclic) bond motifs is 1. The van der Waals surface area contributed by atoms with Crippen LogP contribution in [0.5, 0.6) is 0 Å². The molecule has 0 spiro atoms. The van der Waals surface area contributed by atoms with E-state index in [2.05, 4.69) is 5.32 Å². The number of para-hydroxylation sites is 1. The number of amides is 1. The molecule has 4 bridgehead atoms. The molecule has 1 heterocycles. The Hall–Kier alpha value is -2.10. The third-order valence-corrected chi connectivity index (χ3v) is 6.28. The van der Waals surface area contributed by atoms with Crippen LogP contribution in [-0.2, 0) is 0 Å². The molecule has 0 atom stereocenters. The number of carbonyl (C=O) groups excluding carboxylic acids is 1. The second-order valence-corrected chi connectivity index (χ2v) is 8.12. The van der Waals surface area contributed by atoms with Crippen LogP contribution >= 0.6 is 0 Å². The quantitative estimate of drug-likeness (QED) is 0.920. The lowest BCUT2D eigenvalue weighted by atomic mass is 9.53. The van der Waals surface area contributed by atoms with Gasteiger partial charge in [0.1, 0.15) is 5.58 Å². The van der Waals surface area contributed by atoms with Crippen molar-refractivity contribution in [1.82, 2.24) is 5.32 Å². The Kier molecular flexibility index (Phi) is 2.94. The fourth-order valence-electron chi connectivity index (χ4n) is 5.78. The summed E-state index contributed by atoms with van der Waals surface area (Å²) in [4.78, 5) is 25.0. The van der Waals surface area contributed by atoms with Crippen molar-refractivity contribution in [1.29, 1.82) is 0 Å². The second kappa shape index (κ2) is 4.95. The fourth-order valence-corrected chi connectivity index (χ4v) is 5.78. The molecule has 24 heavy (non-hydrogen) atoms. The molecule has 0 unspecified atom stereocenters. The van der Waals surface area contributed by atoms with Gasteiger partial charge in [0.25, 0.3) is 5.91 Å². The highest BCUT2D eigenvalue weighted by Crippen LogP contribution is 2.55. The van der Waals surface area contributed by atoms with Gasteiger partial charge in [0.05, 0.1) is 5.39 Å². The Morgan fingerprint density at radius 3 is 2.33 bits per heavy atom. The molecular weight excluding hydrogens is 302 g/mol. The van der Waals surface area contributed by atoms with Crippen molar-refractivity contribution in [3.05, 3.63) is 46.3 Å². The normalized spacial score (nSPS) is 33.8. The van der Waals surface area contributed by atoms with Gasteiger partial charge in [0.15, 0.2) is 11.2 Å². The minimum Gasteiger partial charge on any atom is -0.451 e. The molecule has 1 amide bonds. The highest BCUT2D eigenvalue weighted by atomic mass is 16.3.